The molecular formula is C24H23ClN2O3. The van der Waals surface area contributed by atoms with Crippen molar-refractivity contribution < 1.29 is 9.53 Å². The normalized spacial score (nSPS) is 13.9. The maximum absolute atomic E-state index is 12.9. The van der Waals surface area contributed by atoms with Gasteiger partial charge in [-0.2, -0.15) is 0 Å². The molecule has 1 amide bonds. The van der Waals surface area contributed by atoms with Crippen LogP contribution in [-0.2, 0) is 6.54 Å². The van der Waals surface area contributed by atoms with E-state index in [0.29, 0.717) is 28.6 Å². The van der Waals surface area contributed by atoms with E-state index in [-0.39, 0.29) is 17.6 Å². The number of para-hydroxylation sites is 2. The number of nitrogens with zero attached hydrogens (tertiary/aromatic N) is 1. The Kier molecular flexibility index (Phi) is 6.19. The molecule has 1 aliphatic carbocycles. The summed E-state index contributed by atoms with van der Waals surface area (Å²) >= 11 is 6.21. The van der Waals surface area contributed by atoms with Crippen LogP contribution in [-0.4, -0.2) is 16.6 Å². The molecule has 6 heteroatoms. The number of carbonyl (C=O) groups excluding carboxylic acids is 1. The van der Waals surface area contributed by atoms with Gasteiger partial charge in [0.1, 0.15) is 5.75 Å². The van der Waals surface area contributed by atoms with Crippen LogP contribution in [0.1, 0.15) is 41.6 Å². The SMILES string of the molecule is O=C(Nc1ccccc1OC1CCCC1)c1ccc(=O)n(Cc2ccccc2Cl)c1. The van der Waals surface area contributed by atoms with E-state index in [1.807, 2.05) is 42.5 Å². The second-order valence-electron chi connectivity index (χ2n) is 7.45. The van der Waals surface area contributed by atoms with Gasteiger partial charge in [0.2, 0.25) is 0 Å². The number of anilines is 1. The number of benzene rings is 2. The van der Waals surface area contributed by atoms with Crippen LogP contribution in [0.5, 0.6) is 5.75 Å². The van der Waals surface area contributed by atoms with Crippen LogP contribution in [0.15, 0.2) is 71.7 Å². The maximum atomic E-state index is 12.9. The van der Waals surface area contributed by atoms with Gasteiger partial charge in [-0.05, 0) is 55.5 Å². The monoisotopic (exact) mass is 422 g/mol. The van der Waals surface area contributed by atoms with Gasteiger partial charge in [0.15, 0.2) is 0 Å². The highest BCUT2D eigenvalue weighted by Crippen LogP contribution is 2.30. The lowest BCUT2D eigenvalue weighted by Crippen LogP contribution is -2.23. The first kappa shape index (κ1) is 20.2. The molecule has 0 spiro atoms. The number of amides is 1. The second kappa shape index (κ2) is 9.18. The number of halogens is 1. The van der Waals surface area contributed by atoms with Crippen LogP contribution in [0.25, 0.3) is 0 Å². The van der Waals surface area contributed by atoms with Crippen molar-refractivity contribution in [3.63, 3.8) is 0 Å². The van der Waals surface area contributed by atoms with E-state index < -0.39 is 0 Å². The fourth-order valence-corrected chi connectivity index (χ4v) is 3.85. The van der Waals surface area contributed by atoms with Crippen LogP contribution < -0.4 is 15.6 Å². The van der Waals surface area contributed by atoms with E-state index in [4.69, 9.17) is 16.3 Å². The number of rotatable bonds is 6. The molecule has 154 valence electrons. The second-order valence-corrected chi connectivity index (χ2v) is 7.86. The fraction of sp³-hybridized carbons (Fsp3) is 0.250. The van der Waals surface area contributed by atoms with E-state index in [9.17, 15) is 9.59 Å². The first-order valence-corrected chi connectivity index (χ1v) is 10.5. The van der Waals surface area contributed by atoms with Crippen molar-refractivity contribution in [2.45, 2.75) is 38.3 Å². The first-order valence-electron chi connectivity index (χ1n) is 10.1. The summed E-state index contributed by atoms with van der Waals surface area (Å²) in [4.78, 5) is 25.2. The molecule has 0 bridgehead atoms. The molecule has 30 heavy (non-hydrogen) atoms. The summed E-state index contributed by atoms with van der Waals surface area (Å²) in [5.74, 6) is 0.368. The van der Waals surface area contributed by atoms with E-state index in [2.05, 4.69) is 5.32 Å². The van der Waals surface area contributed by atoms with Gasteiger partial charge in [-0.1, -0.05) is 41.9 Å². The number of hydrogen-bond acceptors (Lipinski definition) is 3. The smallest absolute Gasteiger partial charge is 0.257 e. The van der Waals surface area contributed by atoms with E-state index in [1.54, 1.807) is 12.3 Å². The minimum Gasteiger partial charge on any atom is -0.488 e. The minimum atomic E-state index is -0.301. The molecule has 1 fully saturated rings. The molecule has 2 aromatic carbocycles. The molecule has 1 heterocycles. The predicted octanol–water partition coefficient (Wildman–Crippen LogP) is 5.12. The fourth-order valence-electron chi connectivity index (χ4n) is 3.65. The highest BCUT2D eigenvalue weighted by molar-refractivity contribution is 6.31. The molecule has 0 radical (unpaired) electrons. The number of ether oxygens (including phenoxy) is 1. The lowest BCUT2D eigenvalue weighted by atomic mass is 10.2. The summed E-state index contributed by atoms with van der Waals surface area (Å²) in [6.07, 6.45) is 6.17. The Morgan fingerprint density at radius 1 is 1.03 bits per heavy atom. The van der Waals surface area contributed by atoms with Gasteiger partial charge in [-0.3, -0.25) is 9.59 Å². The van der Waals surface area contributed by atoms with Gasteiger partial charge in [0, 0.05) is 17.3 Å². The largest absolute Gasteiger partial charge is 0.488 e. The summed E-state index contributed by atoms with van der Waals surface area (Å²) in [6, 6.07) is 17.7. The van der Waals surface area contributed by atoms with Gasteiger partial charge in [0.05, 0.1) is 23.9 Å². The topological polar surface area (TPSA) is 60.3 Å². The van der Waals surface area contributed by atoms with Crippen molar-refractivity contribution in [3.8, 4) is 5.75 Å². The van der Waals surface area contributed by atoms with E-state index in [1.165, 1.54) is 29.5 Å². The number of aromatic nitrogens is 1. The van der Waals surface area contributed by atoms with Crippen molar-refractivity contribution in [1.82, 2.24) is 4.57 Å². The zero-order chi connectivity index (χ0) is 20.9. The molecule has 0 aliphatic heterocycles. The number of carbonyl (C=O) groups is 1. The summed E-state index contributed by atoms with van der Waals surface area (Å²) in [5, 5.41) is 3.50. The van der Waals surface area contributed by atoms with E-state index in [0.717, 1.165) is 18.4 Å². The van der Waals surface area contributed by atoms with Crippen LogP contribution in [0.2, 0.25) is 5.02 Å². The standard InChI is InChI=1S/C24H23ClN2O3/c25-20-10-4-1-7-17(20)15-27-16-18(13-14-23(27)28)24(29)26-21-11-5-6-12-22(21)30-19-8-2-3-9-19/h1,4-7,10-14,16,19H,2-3,8-9,15H2,(H,26,29). The summed E-state index contributed by atoms with van der Waals surface area (Å²) in [7, 11) is 0. The van der Waals surface area contributed by atoms with Crippen molar-refractivity contribution in [3.05, 3.63) is 93.4 Å². The van der Waals surface area contributed by atoms with Crippen molar-refractivity contribution >= 4 is 23.2 Å². The molecule has 1 N–H and O–H groups in total. The van der Waals surface area contributed by atoms with Gasteiger partial charge in [-0.15, -0.1) is 0 Å². The molecule has 1 aliphatic rings. The molecule has 4 rings (SSSR count). The third-order valence-electron chi connectivity index (χ3n) is 5.28. The van der Waals surface area contributed by atoms with Crippen LogP contribution >= 0.6 is 11.6 Å². The van der Waals surface area contributed by atoms with Gasteiger partial charge < -0.3 is 14.6 Å². The van der Waals surface area contributed by atoms with Gasteiger partial charge >= 0.3 is 0 Å². The Hall–Kier alpha value is -3.05. The summed E-state index contributed by atoms with van der Waals surface area (Å²) in [5.41, 5.74) is 1.63. The predicted molar refractivity (Wildman–Crippen MR) is 119 cm³/mol. The zero-order valence-electron chi connectivity index (χ0n) is 16.5. The molecule has 0 atom stereocenters. The highest BCUT2D eigenvalue weighted by Gasteiger charge is 2.19. The lowest BCUT2D eigenvalue weighted by Gasteiger charge is -2.17. The van der Waals surface area contributed by atoms with Gasteiger partial charge in [-0.25, -0.2) is 0 Å². The molecule has 5 nitrogen and oxygen atoms in total. The quantitative estimate of drug-likeness (QED) is 0.599. The molecule has 1 saturated carbocycles. The molecule has 1 aromatic heterocycles. The van der Waals surface area contributed by atoms with Crippen LogP contribution in [0.4, 0.5) is 5.69 Å². The first-order chi connectivity index (χ1) is 14.6. The average molecular weight is 423 g/mol. The molecular weight excluding hydrogens is 400 g/mol. The Bertz CT molecular complexity index is 1100. The summed E-state index contributed by atoms with van der Waals surface area (Å²) in [6.45, 7) is 0.293. The highest BCUT2D eigenvalue weighted by atomic mass is 35.5. The average Bonchev–Trinajstić information content (AvgIpc) is 3.26. The third-order valence-corrected chi connectivity index (χ3v) is 5.64. The number of pyridine rings is 1. The maximum Gasteiger partial charge on any atom is 0.257 e. The van der Waals surface area contributed by atoms with Gasteiger partial charge in [0.25, 0.3) is 11.5 Å². The van der Waals surface area contributed by atoms with Crippen LogP contribution in [0.3, 0.4) is 0 Å². The summed E-state index contributed by atoms with van der Waals surface area (Å²) < 4.78 is 7.58. The molecule has 3 aromatic rings. The molecule has 0 saturated heterocycles. The van der Waals surface area contributed by atoms with Crippen molar-refractivity contribution in [2.24, 2.45) is 0 Å². The van der Waals surface area contributed by atoms with Crippen molar-refractivity contribution in [2.75, 3.05) is 5.32 Å². The number of nitrogens with one attached hydrogen (secondary N) is 1. The Balaban J connectivity index is 1.53. The van der Waals surface area contributed by atoms with Crippen molar-refractivity contribution in [1.29, 1.82) is 0 Å². The van der Waals surface area contributed by atoms with Crippen LogP contribution in [0, 0.1) is 0 Å². The zero-order valence-corrected chi connectivity index (χ0v) is 17.3. The number of hydrogen-bond donors (Lipinski definition) is 1. The van der Waals surface area contributed by atoms with E-state index >= 15 is 0 Å². The Morgan fingerprint density at radius 2 is 1.77 bits per heavy atom. The Morgan fingerprint density at radius 3 is 2.57 bits per heavy atom. The lowest BCUT2D eigenvalue weighted by molar-refractivity contribution is 0.102. The molecule has 0 unspecified atom stereocenters. The Labute approximate surface area is 180 Å². The minimum absolute atomic E-state index is 0.195. The third kappa shape index (κ3) is 4.74.